The molecule has 2 aromatic rings. The van der Waals surface area contributed by atoms with Gasteiger partial charge in [-0.1, -0.05) is 32.4 Å². The van der Waals surface area contributed by atoms with Gasteiger partial charge in [-0.3, -0.25) is 0 Å². The zero-order valence-corrected chi connectivity index (χ0v) is 16.8. The van der Waals surface area contributed by atoms with E-state index < -0.39 is 0 Å². The van der Waals surface area contributed by atoms with Crippen LogP contribution < -0.4 is 14.2 Å². The molecule has 0 saturated heterocycles. The highest BCUT2D eigenvalue weighted by Gasteiger charge is 2.28. The van der Waals surface area contributed by atoms with Crippen LogP contribution in [0.15, 0.2) is 29.8 Å². The topological polar surface area (TPSA) is 27.7 Å². The summed E-state index contributed by atoms with van der Waals surface area (Å²) in [6.07, 6.45) is 3.22. The van der Waals surface area contributed by atoms with Gasteiger partial charge in [0.05, 0.1) is 21.3 Å². The van der Waals surface area contributed by atoms with Gasteiger partial charge in [-0.2, -0.15) is 0 Å². The fourth-order valence-corrected chi connectivity index (χ4v) is 3.66. The molecule has 0 bridgehead atoms. The lowest BCUT2D eigenvalue weighted by molar-refractivity contribution is 0.393. The molecule has 2 aromatic carbocycles. The third-order valence-electron chi connectivity index (χ3n) is 4.93. The second-order valence-electron chi connectivity index (χ2n) is 7.92. The van der Waals surface area contributed by atoms with E-state index in [-0.39, 0.29) is 5.41 Å². The molecular weight excluding hydrogens is 324 g/mol. The Morgan fingerprint density at radius 1 is 0.846 bits per heavy atom. The van der Waals surface area contributed by atoms with Crippen molar-refractivity contribution in [3.63, 3.8) is 0 Å². The number of benzene rings is 2. The van der Waals surface area contributed by atoms with Crippen molar-refractivity contribution >= 4 is 6.08 Å². The van der Waals surface area contributed by atoms with Crippen molar-refractivity contribution in [1.82, 2.24) is 0 Å². The Balaban J connectivity index is 2.36. The largest absolute Gasteiger partial charge is 0.497 e. The number of ether oxygens (including phenoxy) is 3. The van der Waals surface area contributed by atoms with E-state index in [1.54, 1.807) is 21.3 Å². The Morgan fingerprint density at radius 3 is 1.96 bits per heavy atom. The van der Waals surface area contributed by atoms with Crippen LogP contribution in [0.1, 0.15) is 44.4 Å². The van der Waals surface area contributed by atoms with Gasteiger partial charge in [-0.15, -0.1) is 0 Å². The molecule has 0 fully saturated rings. The summed E-state index contributed by atoms with van der Waals surface area (Å²) in [5.41, 5.74) is 7.34. The van der Waals surface area contributed by atoms with E-state index in [1.165, 1.54) is 22.3 Å². The number of rotatable bonds is 4. The normalized spacial score (nSPS) is 13.3. The average molecular weight is 352 g/mol. The van der Waals surface area contributed by atoms with Crippen molar-refractivity contribution in [2.24, 2.45) is 0 Å². The maximum Gasteiger partial charge on any atom is 0.130 e. The fraction of sp³-hybridized carbons (Fsp3) is 0.391. The first-order valence-electron chi connectivity index (χ1n) is 8.93. The van der Waals surface area contributed by atoms with Gasteiger partial charge in [0.15, 0.2) is 0 Å². The molecule has 1 aliphatic rings. The standard InChI is InChI=1S/C23H28O3/c1-14-8-15-12-20(23(2,3)4)22(26-7)21(19(15)9-14)16-10-17(24-5)13-18(11-16)25-6/h8,10-13H,9H2,1-7H3. The summed E-state index contributed by atoms with van der Waals surface area (Å²) in [6, 6.07) is 8.29. The summed E-state index contributed by atoms with van der Waals surface area (Å²) >= 11 is 0. The van der Waals surface area contributed by atoms with Crippen LogP contribution in [0.4, 0.5) is 0 Å². The molecule has 3 rings (SSSR count). The van der Waals surface area contributed by atoms with E-state index in [0.29, 0.717) is 0 Å². The predicted octanol–water partition coefficient (Wildman–Crippen LogP) is 5.64. The van der Waals surface area contributed by atoms with Crippen molar-refractivity contribution in [3.05, 3.63) is 46.5 Å². The lowest BCUT2D eigenvalue weighted by Crippen LogP contribution is -2.14. The molecule has 3 heteroatoms. The van der Waals surface area contributed by atoms with Crippen molar-refractivity contribution in [1.29, 1.82) is 0 Å². The van der Waals surface area contributed by atoms with Crippen molar-refractivity contribution in [2.45, 2.75) is 39.5 Å². The van der Waals surface area contributed by atoms with Crippen LogP contribution in [0, 0.1) is 0 Å². The van der Waals surface area contributed by atoms with Crippen molar-refractivity contribution in [2.75, 3.05) is 21.3 Å². The van der Waals surface area contributed by atoms with Crippen molar-refractivity contribution in [3.8, 4) is 28.4 Å². The van der Waals surface area contributed by atoms with Gasteiger partial charge in [0, 0.05) is 17.2 Å². The molecule has 0 spiro atoms. The highest BCUT2D eigenvalue weighted by atomic mass is 16.5. The number of hydrogen-bond donors (Lipinski definition) is 0. The van der Waals surface area contributed by atoms with Crippen LogP contribution in [-0.4, -0.2) is 21.3 Å². The molecule has 0 atom stereocenters. The minimum Gasteiger partial charge on any atom is -0.497 e. The highest BCUT2D eigenvalue weighted by molar-refractivity contribution is 5.84. The van der Waals surface area contributed by atoms with Crippen LogP contribution in [0.3, 0.4) is 0 Å². The first-order chi connectivity index (χ1) is 12.3. The van der Waals surface area contributed by atoms with E-state index >= 15 is 0 Å². The van der Waals surface area contributed by atoms with Gasteiger partial charge in [-0.25, -0.2) is 0 Å². The first kappa shape index (κ1) is 18.4. The quantitative estimate of drug-likeness (QED) is 0.713. The molecule has 1 aliphatic carbocycles. The Morgan fingerprint density at radius 2 is 1.46 bits per heavy atom. The van der Waals surface area contributed by atoms with Crippen LogP contribution in [0.25, 0.3) is 17.2 Å². The number of allylic oxidation sites excluding steroid dienone is 1. The Kier molecular flexibility index (Phi) is 4.74. The fourth-order valence-electron chi connectivity index (χ4n) is 3.66. The maximum absolute atomic E-state index is 5.96. The molecule has 26 heavy (non-hydrogen) atoms. The van der Waals surface area contributed by atoms with E-state index in [0.717, 1.165) is 34.8 Å². The Bertz CT molecular complexity index is 848. The van der Waals surface area contributed by atoms with Crippen molar-refractivity contribution < 1.29 is 14.2 Å². The van der Waals surface area contributed by atoms with Crippen LogP contribution >= 0.6 is 0 Å². The number of methoxy groups -OCH3 is 3. The molecular formula is C23H28O3. The zero-order chi connectivity index (χ0) is 19.1. The Labute approximate surface area is 156 Å². The summed E-state index contributed by atoms with van der Waals surface area (Å²) in [5.74, 6) is 2.49. The van der Waals surface area contributed by atoms with E-state index in [1.807, 2.05) is 6.07 Å². The summed E-state index contributed by atoms with van der Waals surface area (Å²) in [7, 11) is 5.11. The van der Waals surface area contributed by atoms with Gasteiger partial charge in [0.25, 0.3) is 0 Å². The smallest absolute Gasteiger partial charge is 0.130 e. The summed E-state index contributed by atoms with van der Waals surface area (Å²) in [6.45, 7) is 8.84. The molecule has 0 amide bonds. The maximum atomic E-state index is 5.96. The molecule has 0 unspecified atom stereocenters. The second-order valence-corrected chi connectivity index (χ2v) is 7.92. The van der Waals surface area contributed by atoms with Gasteiger partial charge in [0.2, 0.25) is 0 Å². The molecule has 0 saturated carbocycles. The summed E-state index contributed by atoms with van der Waals surface area (Å²) in [5, 5.41) is 0. The van der Waals surface area contributed by atoms with Crippen LogP contribution in [0.5, 0.6) is 17.2 Å². The van der Waals surface area contributed by atoms with E-state index in [4.69, 9.17) is 14.2 Å². The predicted molar refractivity (Wildman–Crippen MR) is 108 cm³/mol. The van der Waals surface area contributed by atoms with Gasteiger partial charge in [-0.05, 0) is 53.6 Å². The summed E-state index contributed by atoms with van der Waals surface area (Å²) in [4.78, 5) is 0. The molecule has 0 aliphatic heterocycles. The lowest BCUT2D eigenvalue weighted by atomic mass is 9.81. The third kappa shape index (κ3) is 3.18. The van der Waals surface area contributed by atoms with Gasteiger partial charge >= 0.3 is 0 Å². The third-order valence-corrected chi connectivity index (χ3v) is 4.93. The molecule has 0 aromatic heterocycles. The highest BCUT2D eigenvalue weighted by Crippen LogP contribution is 2.47. The first-order valence-corrected chi connectivity index (χ1v) is 8.93. The molecule has 0 radical (unpaired) electrons. The molecule has 138 valence electrons. The van der Waals surface area contributed by atoms with Crippen LogP contribution in [0.2, 0.25) is 0 Å². The number of fused-ring (bicyclic) bond motifs is 1. The zero-order valence-electron chi connectivity index (χ0n) is 16.8. The minimum atomic E-state index is -0.0254. The molecule has 0 heterocycles. The lowest BCUT2D eigenvalue weighted by Gasteiger charge is -2.26. The monoisotopic (exact) mass is 352 g/mol. The molecule has 0 N–H and O–H groups in total. The second kappa shape index (κ2) is 6.71. The van der Waals surface area contributed by atoms with Gasteiger partial charge in [0.1, 0.15) is 17.2 Å². The minimum absolute atomic E-state index is 0.0254. The SMILES string of the molecule is COc1cc(OC)cc(-c2c3c(cc(C(C)(C)C)c2OC)C=C(C)C3)c1. The Hall–Kier alpha value is -2.42. The van der Waals surface area contributed by atoms with Crippen LogP contribution in [-0.2, 0) is 11.8 Å². The molecule has 3 nitrogen and oxygen atoms in total. The number of hydrogen-bond acceptors (Lipinski definition) is 3. The van der Waals surface area contributed by atoms with E-state index in [2.05, 4.69) is 52.0 Å². The van der Waals surface area contributed by atoms with E-state index in [9.17, 15) is 0 Å². The summed E-state index contributed by atoms with van der Waals surface area (Å²) < 4.78 is 17.0. The average Bonchev–Trinajstić information content (AvgIpc) is 2.98. The van der Waals surface area contributed by atoms with Gasteiger partial charge < -0.3 is 14.2 Å².